The Labute approximate surface area is 88.5 Å². The number of hydrogen-bond donors (Lipinski definition) is 0. The van der Waals surface area contributed by atoms with Crippen molar-refractivity contribution in [1.82, 2.24) is 0 Å². The van der Waals surface area contributed by atoms with Gasteiger partial charge in [-0.25, -0.2) is 9.98 Å². The van der Waals surface area contributed by atoms with Gasteiger partial charge in [-0.3, -0.25) is 0 Å². The van der Waals surface area contributed by atoms with Gasteiger partial charge in [0.2, 0.25) is 0 Å². The molecule has 14 heavy (non-hydrogen) atoms. The van der Waals surface area contributed by atoms with E-state index >= 15 is 0 Å². The van der Waals surface area contributed by atoms with E-state index in [1.807, 2.05) is 6.92 Å². The van der Waals surface area contributed by atoms with Crippen LogP contribution in [0.4, 0.5) is 0 Å². The lowest BCUT2D eigenvalue weighted by atomic mass is 9.83. The molecular weight excluding hydrogens is 172 g/mol. The van der Waals surface area contributed by atoms with Crippen LogP contribution in [0.2, 0.25) is 0 Å². The number of nitrogens with zero attached hydrogens (tertiary/aromatic N) is 2. The van der Waals surface area contributed by atoms with Crippen LogP contribution in [0, 0.1) is 5.41 Å². The number of hydrogen-bond acceptors (Lipinski definition) is 2. The first kappa shape index (κ1) is 13.4. The van der Waals surface area contributed by atoms with Crippen molar-refractivity contribution in [2.45, 2.75) is 53.4 Å². The Morgan fingerprint density at radius 1 is 1.07 bits per heavy atom. The van der Waals surface area contributed by atoms with Crippen molar-refractivity contribution in [3.63, 3.8) is 0 Å². The van der Waals surface area contributed by atoms with Gasteiger partial charge in [-0.2, -0.15) is 0 Å². The summed E-state index contributed by atoms with van der Waals surface area (Å²) >= 11 is 0. The fourth-order valence-electron chi connectivity index (χ4n) is 1.61. The molecule has 0 radical (unpaired) electrons. The van der Waals surface area contributed by atoms with E-state index in [-0.39, 0.29) is 0 Å². The lowest BCUT2D eigenvalue weighted by Gasteiger charge is -2.23. The van der Waals surface area contributed by atoms with E-state index in [2.05, 4.69) is 36.8 Å². The first-order valence-corrected chi connectivity index (χ1v) is 5.70. The van der Waals surface area contributed by atoms with Gasteiger partial charge in [0.1, 0.15) is 0 Å². The summed E-state index contributed by atoms with van der Waals surface area (Å²) in [6, 6.07) is 2.70. The average Bonchev–Trinajstić information content (AvgIpc) is 2.11. The fourth-order valence-corrected chi connectivity index (χ4v) is 1.61. The van der Waals surface area contributed by atoms with Crippen molar-refractivity contribution in [2.75, 3.05) is 13.1 Å². The van der Waals surface area contributed by atoms with Crippen molar-refractivity contribution in [3.8, 4) is 0 Å². The third-order valence-electron chi connectivity index (χ3n) is 2.35. The van der Waals surface area contributed by atoms with Gasteiger partial charge in [0.25, 0.3) is 0 Å². The molecule has 0 bridgehead atoms. The maximum atomic E-state index is 4.11. The zero-order valence-corrected chi connectivity index (χ0v) is 10.1. The predicted octanol–water partition coefficient (Wildman–Crippen LogP) is 3.79. The van der Waals surface area contributed by atoms with Gasteiger partial charge in [-0.05, 0) is 31.6 Å². The molecule has 0 N–H and O–H groups in total. The van der Waals surface area contributed by atoms with Crippen LogP contribution >= 0.6 is 0 Å². The largest absolute Gasteiger partial charge is 0.226 e. The van der Waals surface area contributed by atoms with Crippen molar-refractivity contribution in [3.05, 3.63) is 0 Å². The molecular formula is C12H24N2. The van der Waals surface area contributed by atoms with Crippen LogP contribution in [0.5, 0.6) is 0 Å². The van der Waals surface area contributed by atoms with Crippen molar-refractivity contribution in [1.29, 1.82) is 0 Å². The minimum Gasteiger partial charge on any atom is -0.226 e. The molecule has 0 amide bonds. The molecule has 0 spiro atoms. The average molecular weight is 196 g/mol. The van der Waals surface area contributed by atoms with Crippen LogP contribution in [0.1, 0.15) is 53.4 Å². The molecule has 2 nitrogen and oxygen atoms in total. The Kier molecular flexibility index (Phi) is 7.41. The summed E-state index contributed by atoms with van der Waals surface area (Å²) in [6.45, 7) is 10.6. The maximum Gasteiger partial charge on any atom is 0.0892 e. The van der Waals surface area contributed by atoms with Crippen molar-refractivity contribution < 1.29 is 0 Å². The standard InChI is InChI=1S/C12H24N2/c1-5-8-12(3,4)9-7-10-14-11-13-6-2/h5-10H2,1-4H3. The molecule has 0 saturated carbocycles. The number of rotatable bonds is 7. The summed E-state index contributed by atoms with van der Waals surface area (Å²) in [5, 5.41) is 0. The van der Waals surface area contributed by atoms with E-state index in [4.69, 9.17) is 0 Å². The molecule has 0 aliphatic heterocycles. The zero-order chi connectivity index (χ0) is 10.9. The van der Waals surface area contributed by atoms with Crippen LogP contribution in [0.15, 0.2) is 9.98 Å². The summed E-state index contributed by atoms with van der Waals surface area (Å²) in [5.74, 6) is 0. The quantitative estimate of drug-likeness (QED) is 0.437. The lowest BCUT2D eigenvalue weighted by molar-refractivity contribution is 0.298. The molecule has 0 fully saturated rings. The molecule has 0 atom stereocenters. The molecule has 0 aromatic carbocycles. The van der Waals surface area contributed by atoms with Crippen molar-refractivity contribution in [2.24, 2.45) is 15.4 Å². The highest BCUT2D eigenvalue weighted by atomic mass is 14.8. The van der Waals surface area contributed by atoms with E-state index in [0.29, 0.717) is 5.41 Å². The van der Waals surface area contributed by atoms with E-state index < -0.39 is 0 Å². The highest BCUT2D eigenvalue weighted by Gasteiger charge is 2.15. The van der Waals surface area contributed by atoms with Crippen LogP contribution in [0.25, 0.3) is 0 Å². The summed E-state index contributed by atoms with van der Waals surface area (Å²) in [6.07, 6.45) is 4.98. The third-order valence-corrected chi connectivity index (χ3v) is 2.35. The second-order valence-corrected chi connectivity index (χ2v) is 4.47. The maximum absolute atomic E-state index is 4.11. The second kappa shape index (κ2) is 7.75. The van der Waals surface area contributed by atoms with E-state index in [9.17, 15) is 0 Å². The van der Waals surface area contributed by atoms with Gasteiger partial charge in [-0.1, -0.05) is 27.2 Å². The third kappa shape index (κ3) is 8.00. The van der Waals surface area contributed by atoms with Gasteiger partial charge in [0, 0.05) is 13.1 Å². The van der Waals surface area contributed by atoms with Gasteiger partial charge >= 0.3 is 0 Å². The molecule has 0 unspecified atom stereocenters. The molecule has 82 valence electrons. The highest BCUT2D eigenvalue weighted by Crippen LogP contribution is 2.27. The summed E-state index contributed by atoms with van der Waals surface area (Å²) in [7, 11) is 0. The molecule has 2 heteroatoms. The van der Waals surface area contributed by atoms with Gasteiger partial charge in [-0.15, -0.1) is 0 Å². The summed E-state index contributed by atoms with van der Waals surface area (Å²) in [5.41, 5.74) is 0.478. The lowest BCUT2D eigenvalue weighted by Crippen LogP contribution is -2.10. The molecule has 0 aromatic heterocycles. The monoisotopic (exact) mass is 196 g/mol. The minimum atomic E-state index is 0.478. The predicted molar refractivity (Wildman–Crippen MR) is 63.2 cm³/mol. The molecule has 0 aliphatic rings. The second-order valence-electron chi connectivity index (χ2n) is 4.47. The molecule has 0 rings (SSSR count). The number of aliphatic imine (C=N–C) groups is 2. The first-order chi connectivity index (χ1) is 6.62. The minimum absolute atomic E-state index is 0.478. The molecule has 0 aromatic rings. The van der Waals surface area contributed by atoms with Gasteiger partial charge in [0.15, 0.2) is 0 Å². The Morgan fingerprint density at radius 2 is 1.79 bits per heavy atom. The molecule has 0 saturated heterocycles. The van der Waals surface area contributed by atoms with E-state index in [1.54, 1.807) is 0 Å². The molecule has 0 aliphatic carbocycles. The summed E-state index contributed by atoms with van der Waals surface area (Å²) < 4.78 is 0. The smallest absolute Gasteiger partial charge is 0.0892 e. The van der Waals surface area contributed by atoms with Gasteiger partial charge < -0.3 is 0 Å². The van der Waals surface area contributed by atoms with Crippen LogP contribution in [-0.4, -0.2) is 19.1 Å². The topological polar surface area (TPSA) is 24.7 Å². The fraction of sp³-hybridized carbons (Fsp3) is 0.917. The van der Waals surface area contributed by atoms with Crippen molar-refractivity contribution >= 4 is 6.01 Å². The normalized spacial score (nSPS) is 10.9. The summed E-state index contributed by atoms with van der Waals surface area (Å²) in [4.78, 5) is 8.03. The van der Waals surface area contributed by atoms with Crippen LogP contribution in [0.3, 0.4) is 0 Å². The van der Waals surface area contributed by atoms with Crippen LogP contribution in [-0.2, 0) is 0 Å². The van der Waals surface area contributed by atoms with Gasteiger partial charge in [0.05, 0.1) is 6.01 Å². The Morgan fingerprint density at radius 3 is 2.36 bits per heavy atom. The van der Waals surface area contributed by atoms with Crippen LogP contribution < -0.4 is 0 Å². The Bertz CT molecular complexity index is 188. The SMILES string of the molecule is CCCC(C)(C)CCCN=C=NCC. The molecule has 0 heterocycles. The van der Waals surface area contributed by atoms with E-state index in [0.717, 1.165) is 19.5 Å². The Hall–Kier alpha value is -0.620. The zero-order valence-electron chi connectivity index (χ0n) is 10.1. The first-order valence-electron chi connectivity index (χ1n) is 5.70. The highest BCUT2D eigenvalue weighted by molar-refractivity contribution is 5.40. The van der Waals surface area contributed by atoms with E-state index in [1.165, 1.54) is 19.3 Å². The Balaban J connectivity index is 3.58.